The molecule has 33 heavy (non-hydrogen) atoms. The highest BCUT2D eigenvalue weighted by Crippen LogP contribution is 2.26. The Kier molecular flexibility index (Phi) is 8.03. The Morgan fingerprint density at radius 3 is 2.30 bits per heavy atom. The summed E-state index contributed by atoms with van der Waals surface area (Å²) < 4.78 is 9.98. The summed E-state index contributed by atoms with van der Waals surface area (Å²) in [6, 6.07) is 23.7. The van der Waals surface area contributed by atoms with Crippen molar-refractivity contribution in [2.45, 2.75) is 20.4 Å². The van der Waals surface area contributed by atoms with Gasteiger partial charge in [-0.3, -0.25) is 4.79 Å². The highest BCUT2D eigenvalue weighted by Gasteiger charge is 2.19. The molecule has 0 atom stereocenters. The molecule has 0 unspecified atom stereocenters. The molecule has 0 aliphatic heterocycles. The van der Waals surface area contributed by atoms with Crippen LogP contribution in [0, 0.1) is 5.92 Å². The zero-order valence-electron chi connectivity index (χ0n) is 19.4. The monoisotopic (exact) mass is 443 g/mol. The van der Waals surface area contributed by atoms with E-state index in [1.165, 1.54) is 13.2 Å². The van der Waals surface area contributed by atoms with Crippen LogP contribution in [0.1, 0.15) is 25.0 Å². The standard InChI is InChI=1S/C28H29NO4/c1-20(2)28(31)29(25-9-5-7-21(17-25)13-16-27(30)33-4)19-22-11-14-23(15-12-22)24-8-6-10-26(18-24)32-3/h5-18,20H,19H2,1-4H3/b16-13+. The zero-order chi connectivity index (χ0) is 23.8. The molecule has 0 bridgehead atoms. The number of benzene rings is 3. The van der Waals surface area contributed by atoms with Crippen LogP contribution in [-0.2, 0) is 20.9 Å². The van der Waals surface area contributed by atoms with Gasteiger partial charge in [0.2, 0.25) is 5.91 Å². The minimum absolute atomic E-state index is 0.0287. The number of nitrogens with zero attached hydrogens (tertiary/aromatic N) is 1. The van der Waals surface area contributed by atoms with Gasteiger partial charge in [-0.1, -0.05) is 62.4 Å². The second kappa shape index (κ2) is 11.1. The fraction of sp³-hybridized carbons (Fsp3) is 0.214. The normalized spacial score (nSPS) is 10.9. The maximum atomic E-state index is 13.1. The molecule has 0 radical (unpaired) electrons. The third-order valence-corrected chi connectivity index (χ3v) is 5.25. The molecule has 3 aromatic carbocycles. The lowest BCUT2D eigenvalue weighted by Crippen LogP contribution is -2.33. The molecule has 0 N–H and O–H groups in total. The van der Waals surface area contributed by atoms with E-state index in [1.807, 2.05) is 74.5 Å². The molecule has 170 valence electrons. The molecule has 1 amide bonds. The Morgan fingerprint density at radius 1 is 0.909 bits per heavy atom. The number of amides is 1. The van der Waals surface area contributed by atoms with Crippen LogP contribution in [0.5, 0.6) is 5.75 Å². The summed E-state index contributed by atoms with van der Waals surface area (Å²) in [5.41, 5.74) is 4.76. The molecule has 0 fully saturated rings. The minimum Gasteiger partial charge on any atom is -0.497 e. The number of carbonyl (C=O) groups is 2. The van der Waals surface area contributed by atoms with Crippen LogP contribution in [0.15, 0.2) is 78.9 Å². The molecule has 5 heteroatoms. The topological polar surface area (TPSA) is 55.8 Å². The number of rotatable bonds is 8. The van der Waals surface area contributed by atoms with Crippen molar-refractivity contribution in [3.8, 4) is 16.9 Å². The van der Waals surface area contributed by atoms with Crippen LogP contribution in [0.25, 0.3) is 17.2 Å². The van der Waals surface area contributed by atoms with Gasteiger partial charge >= 0.3 is 5.97 Å². The first-order valence-corrected chi connectivity index (χ1v) is 10.8. The van der Waals surface area contributed by atoms with Crippen molar-refractivity contribution in [3.05, 3.63) is 90.0 Å². The Hall–Kier alpha value is -3.86. The first-order valence-electron chi connectivity index (χ1n) is 10.8. The van der Waals surface area contributed by atoms with Gasteiger partial charge in [-0.2, -0.15) is 0 Å². The van der Waals surface area contributed by atoms with Gasteiger partial charge in [0.1, 0.15) is 5.75 Å². The summed E-state index contributed by atoms with van der Waals surface area (Å²) in [7, 11) is 2.99. The summed E-state index contributed by atoms with van der Waals surface area (Å²) in [5.74, 6) is 0.259. The number of ether oxygens (including phenoxy) is 2. The van der Waals surface area contributed by atoms with Crippen molar-refractivity contribution in [3.63, 3.8) is 0 Å². The molecule has 0 aliphatic carbocycles. The maximum absolute atomic E-state index is 13.1. The van der Waals surface area contributed by atoms with E-state index in [2.05, 4.69) is 16.9 Å². The smallest absolute Gasteiger partial charge is 0.330 e. The van der Waals surface area contributed by atoms with Crippen molar-refractivity contribution in [2.24, 2.45) is 5.92 Å². The predicted molar refractivity (Wildman–Crippen MR) is 132 cm³/mol. The average molecular weight is 444 g/mol. The van der Waals surface area contributed by atoms with Crippen LogP contribution in [0.2, 0.25) is 0 Å². The largest absolute Gasteiger partial charge is 0.497 e. The Labute approximate surface area is 195 Å². The van der Waals surface area contributed by atoms with E-state index in [0.717, 1.165) is 33.7 Å². The highest BCUT2D eigenvalue weighted by molar-refractivity contribution is 5.95. The second-order valence-corrected chi connectivity index (χ2v) is 7.96. The first kappa shape index (κ1) is 23.8. The quantitative estimate of drug-likeness (QED) is 0.329. The lowest BCUT2D eigenvalue weighted by molar-refractivity contribution is -0.134. The van der Waals surface area contributed by atoms with Gasteiger partial charge in [-0.05, 0) is 52.6 Å². The molecule has 0 spiro atoms. The van der Waals surface area contributed by atoms with Crippen LogP contribution in [-0.4, -0.2) is 26.1 Å². The summed E-state index contributed by atoms with van der Waals surface area (Å²) >= 11 is 0. The summed E-state index contributed by atoms with van der Waals surface area (Å²) in [5, 5.41) is 0. The number of methoxy groups -OCH3 is 2. The molecule has 0 aromatic heterocycles. The highest BCUT2D eigenvalue weighted by atomic mass is 16.5. The number of anilines is 1. The number of esters is 1. The van der Waals surface area contributed by atoms with Gasteiger partial charge in [0, 0.05) is 17.7 Å². The van der Waals surface area contributed by atoms with Gasteiger partial charge in [-0.25, -0.2) is 4.79 Å². The van der Waals surface area contributed by atoms with Gasteiger partial charge in [-0.15, -0.1) is 0 Å². The number of hydrogen-bond acceptors (Lipinski definition) is 4. The number of hydrogen-bond donors (Lipinski definition) is 0. The molecular formula is C28H29NO4. The van der Waals surface area contributed by atoms with Gasteiger partial charge < -0.3 is 14.4 Å². The van der Waals surface area contributed by atoms with Crippen LogP contribution in [0.3, 0.4) is 0 Å². The molecule has 0 saturated carbocycles. The third kappa shape index (κ3) is 6.32. The lowest BCUT2D eigenvalue weighted by Gasteiger charge is -2.25. The first-order chi connectivity index (χ1) is 15.9. The fourth-order valence-electron chi connectivity index (χ4n) is 3.42. The Balaban J connectivity index is 1.86. The van der Waals surface area contributed by atoms with Crippen molar-refractivity contribution in [2.75, 3.05) is 19.1 Å². The van der Waals surface area contributed by atoms with E-state index < -0.39 is 5.97 Å². The lowest BCUT2D eigenvalue weighted by atomic mass is 10.0. The minimum atomic E-state index is -0.424. The molecule has 5 nitrogen and oxygen atoms in total. The van der Waals surface area contributed by atoms with Gasteiger partial charge in [0.25, 0.3) is 0 Å². The average Bonchev–Trinajstić information content (AvgIpc) is 2.85. The van der Waals surface area contributed by atoms with E-state index in [-0.39, 0.29) is 11.8 Å². The Bertz CT molecular complexity index is 1130. The van der Waals surface area contributed by atoms with Crippen LogP contribution in [0.4, 0.5) is 5.69 Å². The molecule has 3 aromatic rings. The number of carbonyl (C=O) groups excluding carboxylic acids is 2. The molecule has 0 heterocycles. The van der Waals surface area contributed by atoms with E-state index in [4.69, 9.17) is 4.74 Å². The maximum Gasteiger partial charge on any atom is 0.330 e. The van der Waals surface area contributed by atoms with Crippen LogP contribution >= 0.6 is 0 Å². The molecular weight excluding hydrogens is 414 g/mol. The molecule has 3 rings (SSSR count). The van der Waals surface area contributed by atoms with E-state index in [0.29, 0.717) is 6.54 Å². The summed E-state index contributed by atoms with van der Waals surface area (Å²) in [4.78, 5) is 26.3. The van der Waals surface area contributed by atoms with E-state index in [9.17, 15) is 9.59 Å². The van der Waals surface area contributed by atoms with Gasteiger partial charge in [0.05, 0.1) is 20.8 Å². The van der Waals surface area contributed by atoms with E-state index >= 15 is 0 Å². The van der Waals surface area contributed by atoms with E-state index in [1.54, 1.807) is 18.1 Å². The SMILES string of the molecule is COC(=O)/C=C/c1cccc(N(Cc2ccc(-c3cccc(OC)c3)cc2)C(=O)C(C)C)c1. The van der Waals surface area contributed by atoms with Gasteiger partial charge in [0.15, 0.2) is 0 Å². The fourth-order valence-corrected chi connectivity index (χ4v) is 3.42. The second-order valence-electron chi connectivity index (χ2n) is 7.96. The summed E-state index contributed by atoms with van der Waals surface area (Å²) in [6.07, 6.45) is 3.04. The summed E-state index contributed by atoms with van der Waals surface area (Å²) in [6.45, 7) is 4.23. The Morgan fingerprint density at radius 2 is 1.64 bits per heavy atom. The van der Waals surface area contributed by atoms with Crippen LogP contribution < -0.4 is 9.64 Å². The predicted octanol–water partition coefficient (Wildman–Crippen LogP) is 5.74. The van der Waals surface area contributed by atoms with Crippen molar-refractivity contribution in [1.82, 2.24) is 0 Å². The zero-order valence-corrected chi connectivity index (χ0v) is 19.4. The van der Waals surface area contributed by atoms with Crippen molar-refractivity contribution >= 4 is 23.6 Å². The molecule has 0 saturated heterocycles. The van der Waals surface area contributed by atoms with Crippen molar-refractivity contribution < 1.29 is 19.1 Å². The molecule has 0 aliphatic rings. The third-order valence-electron chi connectivity index (χ3n) is 5.25. The van der Waals surface area contributed by atoms with Crippen molar-refractivity contribution in [1.29, 1.82) is 0 Å².